The van der Waals surface area contributed by atoms with Gasteiger partial charge in [-0.3, -0.25) is 4.79 Å². The molecule has 0 radical (unpaired) electrons. The summed E-state index contributed by atoms with van der Waals surface area (Å²) in [6, 6.07) is 8.02. The number of hydrogen-bond donors (Lipinski definition) is 1. The molecule has 0 spiro atoms. The van der Waals surface area contributed by atoms with E-state index in [0.717, 1.165) is 44.8 Å². The molecule has 1 atom stereocenters. The number of nitrogens with one attached hydrogen (secondary N) is 1. The van der Waals surface area contributed by atoms with Crippen LogP contribution in [0.25, 0.3) is 0 Å². The van der Waals surface area contributed by atoms with E-state index in [1.54, 1.807) is 23.0 Å². The highest BCUT2D eigenvalue weighted by molar-refractivity contribution is 7.90. The van der Waals surface area contributed by atoms with E-state index in [1.807, 2.05) is 0 Å². The summed E-state index contributed by atoms with van der Waals surface area (Å²) in [6.07, 6.45) is 9.73. The number of carbonyl (C=O) groups is 1. The molecule has 1 N–H and O–H groups in total. The Morgan fingerprint density at radius 3 is 2.67 bits per heavy atom. The average molecular weight is 428 g/mol. The van der Waals surface area contributed by atoms with Gasteiger partial charge in [0.25, 0.3) is 5.91 Å². The molecule has 1 aromatic heterocycles. The Balaban J connectivity index is 1.61. The average Bonchev–Trinajstić information content (AvgIpc) is 3.40. The van der Waals surface area contributed by atoms with Gasteiger partial charge in [-0.2, -0.15) is 5.26 Å². The van der Waals surface area contributed by atoms with Crippen LogP contribution in [0.15, 0.2) is 35.4 Å². The Morgan fingerprint density at radius 2 is 2.03 bits per heavy atom. The predicted molar refractivity (Wildman–Crippen MR) is 109 cm³/mol. The Kier molecular flexibility index (Phi) is 5.36. The van der Waals surface area contributed by atoms with Gasteiger partial charge in [0.05, 0.1) is 23.2 Å². The topological polar surface area (TPSA) is 118 Å². The quantitative estimate of drug-likeness (QED) is 0.757. The second-order valence-corrected chi connectivity index (χ2v) is 10.4. The van der Waals surface area contributed by atoms with Crippen molar-refractivity contribution in [2.75, 3.05) is 6.26 Å². The molecular formula is C21H25N5O3S. The lowest BCUT2D eigenvalue weighted by molar-refractivity contribution is 0.0910. The first kappa shape index (κ1) is 20.5. The monoisotopic (exact) mass is 427 g/mol. The Morgan fingerprint density at radius 1 is 1.30 bits per heavy atom. The van der Waals surface area contributed by atoms with Crippen molar-refractivity contribution in [3.8, 4) is 6.07 Å². The highest BCUT2D eigenvalue weighted by atomic mass is 32.2. The van der Waals surface area contributed by atoms with Crippen molar-refractivity contribution in [1.29, 1.82) is 5.26 Å². The van der Waals surface area contributed by atoms with Gasteiger partial charge in [-0.15, -0.1) is 5.10 Å². The summed E-state index contributed by atoms with van der Waals surface area (Å²) in [6.45, 7) is 0. The van der Waals surface area contributed by atoms with Crippen LogP contribution in [0.2, 0.25) is 0 Å². The molecule has 1 amide bonds. The normalized spacial score (nSPS) is 19.6. The third kappa shape index (κ3) is 4.10. The van der Waals surface area contributed by atoms with Gasteiger partial charge in [-0.05, 0) is 49.8 Å². The zero-order valence-corrected chi connectivity index (χ0v) is 17.7. The van der Waals surface area contributed by atoms with E-state index < -0.39 is 15.4 Å². The van der Waals surface area contributed by atoms with E-state index >= 15 is 0 Å². The number of rotatable bonds is 6. The zero-order valence-electron chi connectivity index (χ0n) is 16.9. The van der Waals surface area contributed by atoms with Crippen molar-refractivity contribution >= 4 is 15.7 Å². The fraction of sp³-hybridized carbons (Fsp3) is 0.524. The lowest BCUT2D eigenvalue weighted by atomic mass is 9.82. The molecule has 2 fully saturated rings. The standard InChI is InChI=1S/C21H25N5O3S/c1-30(28,29)17-9-5-8-16(12-17)20(27)23-19(15-6-3-2-4-7-15)18-13-26(25-24-18)21(14-22)10-11-21/h5,8-9,12-13,15,19H,2-4,6-7,10-11H2,1H3,(H,23,27)/t19-/m0/s1. The highest BCUT2D eigenvalue weighted by Crippen LogP contribution is 2.43. The van der Waals surface area contributed by atoms with Crippen molar-refractivity contribution in [3.05, 3.63) is 41.7 Å². The molecule has 0 bridgehead atoms. The minimum atomic E-state index is -3.41. The van der Waals surface area contributed by atoms with Crippen molar-refractivity contribution in [1.82, 2.24) is 20.3 Å². The van der Waals surface area contributed by atoms with E-state index in [2.05, 4.69) is 21.7 Å². The summed E-state index contributed by atoms with van der Waals surface area (Å²) in [5.41, 5.74) is 0.341. The number of benzene rings is 1. The first-order valence-corrected chi connectivity index (χ1v) is 12.2. The smallest absolute Gasteiger partial charge is 0.251 e. The van der Waals surface area contributed by atoms with Gasteiger partial charge in [-0.25, -0.2) is 13.1 Å². The Labute approximate surface area is 176 Å². The molecule has 0 aliphatic heterocycles. The van der Waals surface area contributed by atoms with Gasteiger partial charge in [0.2, 0.25) is 0 Å². The number of carbonyl (C=O) groups excluding carboxylic acids is 1. The van der Waals surface area contributed by atoms with Gasteiger partial charge in [0, 0.05) is 11.8 Å². The van der Waals surface area contributed by atoms with Crippen LogP contribution in [0.3, 0.4) is 0 Å². The fourth-order valence-electron chi connectivity index (χ4n) is 4.13. The molecule has 9 heteroatoms. The van der Waals surface area contributed by atoms with Crippen LogP contribution in [0.5, 0.6) is 0 Å². The van der Waals surface area contributed by atoms with Gasteiger partial charge in [0.15, 0.2) is 15.4 Å². The molecule has 1 heterocycles. The number of nitriles is 1. The number of hydrogen-bond acceptors (Lipinski definition) is 6. The summed E-state index contributed by atoms with van der Waals surface area (Å²) in [5.74, 6) is -0.116. The molecule has 2 aliphatic carbocycles. The third-order valence-corrected chi connectivity index (χ3v) is 7.24. The third-order valence-electron chi connectivity index (χ3n) is 6.13. The Bertz CT molecular complexity index is 1090. The molecule has 2 aromatic rings. The maximum absolute atomic E-state index is 13.0. The maximum Gasteiger partial charge on any atom is 0.251 e. The van der Waals surface area contributed by atoms with E-state index in [0.29, 0.717) is 11.3 Å². The first-order valence-electron chi connectivity index (χ1n) is 10.3. The van der Waals surface area contributed by atoms with Crippen LogP contribution < -0.4 is 5.32 Å². The molecule has 4 rings (SSSR count). The summed E-state index contributed by atoms with van der Waals surface area (Å²) in [5, 5.41) is 21.0. The largest absolute Gasteiger partial charge is 0.343 e. The zero-order chi connectivity index (χ0) is 21.4. The number of sulfone groups is 1. The number of aromatic nitrogens is 3. The minimum Gasteiger partial charge on any atom is -0.343 e. The highest BCUT2D eigenvalue weighted by Gasteiger charge is 2.47. The predicted octanol–water partition coefficient (Wildman–Crippen LogP) is 2.75. The molecule has 158 valence electrons. The van der Waals surface area contributed by atoms with E-state index in [4.69, 9.17) is 0 Å². The van der Waals surface area contributed by atoms with Crippen molar-refractivity contribution < 1.29 is 13.2 Å². The van der Waals surface area contributed by atoms with Gasteiger partial charge in [-0.1, -0.05) is 30.5 Å². The Hall–Kier alpha value is -2.73. The first-order chi connectivity index (χ1) is 14.3. The molecule has 0 unspecified atom stereocenters. The summed E-state index contributed by atoms with van der Waals surface area (Å²) >= 11 is 0. The van der Waals surface area contributed by atoms with Gasteiger partial charge >= 0.3 is 0 Å². The van der Waals surface area contributed by atoms with Crippen molar-refractivity contribution in [3.63, 3.8) is 0 Å². The van der Waals surface area contributed by atoms with Crippen LogP contribution in [-0.2, 0) is 15.4 Å². The molecule has 30 heavy (non-hydrogen) atoms. The van der Waals surface area contributed by atoms with E-state index in [1.165, 1.54) is 18.6 Å². The van der Waals surface area contributed by atoms with E-state index in [-0.39, 0.29) is 22.8 Å². The van der Waals surface area contributed by atoms with Gasteiger partial charge in [0.1, 0.15) is 5.69 Å². The van der Waals surface area contributed by atoms with Crippen molar-refractivity contribution in [2.24, 2.45) is 5.92 Å². The molecule has 8 nitrogen and oxygen atoms in total. The molecule has 0 saturated heterocycles. The van der Waals surface area contributed by atoms with Crippen LogP contribution in [-0.4, -0.2) is 35.6 Å². The second kappa shape index (κ2) is 7.84. The second-order valence-electron chi connectivity index (χ2n) is 8.38. The van der Waals surface area contributed by atoms with Crippen LogP contribution in [0.4, 0.5) is 0 Å². The lowest BCUT2D eigenvalue weighted by Crippen LogP contribution is -2.35. The maximum atomic E-state index is 13.0. The summed E-state index contributed by atoms with van der Waals surface area (Å²) in [4.78, 5) is 13.1. The van der Waals surface area contributed by atoms with Crippen LogP contribution in [0, 0.1) is 17.2 Å². The minimum absolute atomic E-state index is 0.111. The SMILES string of the molecule is CS(=O)(=O)c1cccc(C(=O)N[C@H](c2cn(C3(C#N)CC3)nn2)C2CCCCC2)c1. The molecule has 2 aliphatic rings. The molecule has 2 saturated carbocycles. The number of nitrogens with zero attached hydrogens (tertiary/aromatic N) is 4. The molecular weight excluding hydrogens is 402 g/mol. The van der Waals surface area contributed by atoms with Crippen molar-refractivity contribution in [2.45, 2.75) is 61.4 Å². The fourth-order valence-corrected chi connectivity index (χ4v) is 4.80. The summed E-state index contributed by atoms with van der Waals surface area (Å²) in [7, 11) is -3.41. The van der Waals surface area contributed by atoms with Crippen LogP contribution in [0.1, 0.15) is 67.0 Å². The molecule has 1 aromatic carbocycles. The lowest BCUT2D eigenvalue weighted by Gasteiger charge is -2.29. The summed E-state index contributed by atoms with van der Waals surface area (Å²) < 4.78 is 25.3. The van der Waals surface area contributed by atoms with Gasteiger partial charge < -0.3 is 5.32 Å². The van der Waals surface area contributed by atoms with Crippen LogP contribution >= 0.6 is 0 Å². The van der Waals surface area contributed by atoms with E-state index in [9.17, 15) is 18.5 Å². The number of amides is 1.